The van der Waals surface area contributed by atoms with Gasteiger partial charge in [-0.2, -0.15) is 0 Å². The molecule has 2 aromatic rings. The molecule has 0 spiro atoms. The highest BCUT2D eigenvalue weighted by atomic mass is 19.1. The zero-order valence-corrected chi connectivity index (χ0v) is 22.9. The number of unbranched alkanes of at least 4 members (excludes halogenated alkanes) is 13. The van der Waals surface area contributed by atoms with Crippen molar-refractivity contribution in [3.05, 3.63) is 41.3 Å². The van der Waals surface area contributed by atoms with Gasteiger partial charge in [-0.25, -0.2) is 9.37 Å². The number of rotatable bonds is 19. The van der Waals surface area contributed by atoms with E-state index in [4.69, 9.17) is 14.5 Å². The van der Waals surface area contributed by atoms with Gasteiger partial charge in [-0.15, -0.1) is 0 Å². The summed E-state index contributed by atoms with van der Waals surface area (Å²) in [4.78, 5) is 4.74. The van der Waals surface area contributed by atoms with Crippen molar-refractivity contribution >= 4 is 0 Å². The van der Waals surface area contributed by atoms with Gasteiger partial charge in [-0.3, -0.25) is 0 Å². The lowest BCUT2D eigenvalue weighted by molar-refractivity contribution is 0.288. The summed E-state index contributed by atoms with van der Waals surface area (Å²) in [6, 6.07) is 7.76. The molecule has 1 heterocycles. The predicted molar refractivity (Wildman–Crippen MR) is 149 cm³/mol. The Bertz CT molecular complexity index is 898. The van der Waals surface area contributed by atoms with Crippen molar-refractivity contribution in [1.82, 2.24) is 4.98 Å². The van der Waals surface area contributed by atoms with Crippen LogP contribution in [0.15, 0.2) is 24.3 Å². The highest BCUT2D eigenvalue weighted by Crippen LogP contribution is 2.38. The Labute approximate surface area is 219 Å². The second kappa shape index (κ2) is 16.6. The normalized spacial score (nSPS) is 12.3. The maximum Gasteiger partial charge on any atom is 0.213 e. The highest BCUT2D eigenvalue weighted by Gasteiger charge is 2.23. The monoisotopic (exact) mass is 497 g/mol. The summed E-state index contributed by atoms with van der Waals surface area (Å²) in [5, 5.41) is 0. The molecule has 3 nitrogen and oxygen atoms in total. The summed E-state index contributed by atoms with van der Waals surface area (Å²) in [5.74, 6) is 0.883. The maximum absolute atomic E-state index is 15.3. The Morgan fingerprint density at radius 2 is 1.19 bits per heavy atom. The molecule has 0 saturated carbocycles. The van der Waals surface area contributed by atoms with Crippen LogP contribution in [0.1, 0.15) is 121 Å². The van der Waals surface area contributed by atoms with E-state index in [2.05, 4.69) is 13.8 Å². The summed E-state index contributed by atoms with van der Waals surface area (Å²) in [6.07, 6.45) is 20.3. The molecule has 0 radical (unpaired) electrons. The van der Waals surface area contributed by atoms with Crippen LogP contribution >= 0.6 is 0 Å². The van der Waals surface area contributed by atoms with Gasteiger partial charge in [0.1, 0.15) is 0 Å². The number of aryl methyl sites for hydroxylation is 1. The minimum atomic E-state index is -0.197. The number of pyridine rings is 1. The van der Waals surface area contributed by atoms with Gasteiger partial charge < -0.3 is 9.47 Å². The SMILES string of the molecule is CCCCCCCCCCCOc1ccc2c(c1F)CCc1nc(OCCCCCCCC)ccc1-2. The van der Waals surface area contributed by atoms with Crippen LogP contribution in [0.5, 0.6) is 11.6 Å². The Balaban J connectivity index is 1.43. The molecule has 200 valence electrons. The first-order valence-electron chi connectivity index (χ1n) is 14.8. The van der Waals surface area contributed by atoms with Crippen LogP contribution in [0.25, 0.3) is 11.1 Å². The van der Waals surface area contributed by atoms with Gasteiger partial charge >= 0.3 is 0 Å². The molecule has 0 saturated heterocycles. The van der Waals surface area contributed by atoms with E-state index in [1.54, 1.807) is 6.07 Å². The lowest BCUT2D eigenvalue weighted by Gasteiger charge is -2.21. The fourth-order valence-electron chi connectivity index (χ4n) is 5.10. The molecule has 0 unspecified atom stereocenters. The highest BCUT2D eigenvalue weighted by molar-refractivity contribution is 5.73. The third kappa shape index (κ3) is 9.09. The molecule has 0 fully saturated rings. The van der Waals surface area contributed by atoms with E-state index >= 15 is 4.39 Å². The van der Waals surface area contributed by atoms with E-state index in [0.717, 1.165) is 48.1 Å². The Hall–Kier alpha value is -2.10. The van der Waals surface area contributed by atoms with Crippen molar-refractivity contribution in [3.8, 4) is 22.8 Å². The average molecular weight is 498 g/mol. The van der Waals surface area contributed by atoms with Crippen molar-refractivity contribution in [2.45, 2.75) is 123 Å². The van der Waals surface area contributed by atoms with Gasteiger partial charge in [-0.05, 0) is 48.9 Å². The lowest BCUT2D eigenvalue weighted by atomic mass is 9.88. The van der Waals surface area contributed by atoms with Crippen LogP contribution in [-0.4, -0.2) is 18.2 Å². The van der Waals surface area contributed by atoms with Crippen molar-refractivity contribution in [1.29, 1.82) is 0 Å². The lowest BCUT2D eigenvalue weighted by Crippen LogP contribution is -2.11. The number of ether oxygens (including phenoxy) is 2. The maximum atomic E-state index is 15.3. The second-order valence-corrected chi connectivity index (χ2v) is 10.3. The second-order valence-electron chi connectivity index (χ2n) is 10.3. The molecule has 0 bridgehead atoms. The summed E-state index contributed by atoms with van der Waals surface area (Å²) < 4.78 is 27.0. The Morgan fingerprint density at radius 3 is 1.83 bits per heavy atom. The molecule has 0 amide bonds. The molecule has 0 aliphatic heterocycles. The summed E-state index contributed by atoms with van der Waals surface area (Å²) >= 11 is 0. The van der Waals surface area contributed by atoms with Crippen LogP contribution in [0, 0.1) is 5.82 Å². The fraction of sp³-hybridized carbons (Fsp3) is 0.656. The summed E-state index contributed by atoms with van der Waals surface area (Å²) in [7, 11) is 0. The number of aromatic nitrogens is 1. The van der Waals surface area contributed by atoms with E-state index < -0.39 is 0 Å². The topological polar surface area (TPSA) is 31.4 Å². The number of halogens is 1. The van der Waals surface area contributed by atoms with Crippen molar-refractivity contribution in [2.24, 2.45) is 0 Å². The molecule has 0 N–H and O–H groups in total. The minimum Gasteiger partial charge on any atom is -0.491 e. The van der Waals surface area contributed by atoms with Gasteiger partial charge in [0, 0.05) is 11.6 Å². The van der Waals surface area contributed by atoms with Crippen LogP contribution in [0.2, 0.25) is 0 Å². The van der Waals surface area contributed by atoms with E-state index in [0.29, 0.717) is 31.3 Å². The molecule has 36 heavy (non-hydrogen) atoms. The van der Waals surface area contributed by atoms with E-state index in [1.807, 2.05) is 18.2 Å². The van der Waals surface area contributed by atoms with Gasteiger partial charge in [0.2, 0.25) is 5.88 Å². The quantitative estimate of drug-likeness (QED) is 0.181. The molecular formula is C32H48FNO2. The summed E-state index contributed by atoms with van der Waals surface area (Å²) in [5.41, 5.74) is 3.73. The van der Waals surface area contributed by atoms with E-state index in [-0.39, 0.29) is 5.82 Å². The van der Waals surface area contributed by atoms with Gasteiger partial charge in [-0.1, -0.05) is 103 Å². The first kappa shape index (κ1) is 28.5. The molecule has 1 aromatic carbocycles. The molecule has 1 aliphatic carbocycles. The number of hydrogen-bond donors (Lipinski definition) is 0. The number of hydrogen-bond acceptors (Lipinski definition) is 3. The molecule has 1 aliphatic rings. The third-order valence-electron chi connectivity index (χ3n) is 7.31. The first-order chi connectivity index (χ1) is 17.7. The Kier molecular flexibility index (Phi) is 13.1. The number of fused-ring (bicyclic) bond motifs is 3. The van der Waals surface area contributed by atoms with Crippen molar-refractivity contribution in [2.75, 3.05) is 13.2 Å². The van der Waals surface area contributed by atoms with Gasteiger partial charge in [0.25, 0.3) is 0 Å². The van der Waals surface area contributed by atoms with E-state index in [1.165, 1.54) is 77.0 Å². The predicted octanol–water partition coefficient (Wildman–Crippen LogP) is 9.64. The molecule has 0 atom stereocenters. The largest absolute Gasteiger partial charge is 0.491 e. The standard InChI is InChI=1S/C32H48FNO2/c1-3-5-7-9-11-12-13-15-16-24-35-30-22-19-26-27-20-23-31(36-25-17-14-10-8-6-4-2)34-29(27)21-18-28(26)32(30)33/h19-20,22-23H,3-18,21,24-25H2,1-2H3. The van der Waals surface area contributed by atoms with Crippen LogP contribution in [0.4, 0.5) is 4.39 Å². The fourth-order valence-corrected chi connectivity index (χ4v) is 5.10. The zero-order valence-electron chi connectivity index (χ0n) is 22.9. The average Bonchev–Trinajstić information content (AvgIpc) is 2.90. The Morgan fingerprint density at radius 1 is 0.639 bits per heavy atom. The minimum absolute atomic E-state index is 0.197. The smallest absolute Gasteiger partial charge is 0.213 e. The van der Waals surface area contributed by atoms with Crippen LogP contribution < -0.4 is 9.47 Å². The van der Waals surface area contributed by atoms with E-state index in [9.17, 15) is 0 Å². The first-order valence-corrected chi connectivity index (χ1v) is 14.8. The third-order valence-corrected chi connectivity index (χ3v) is 7.31. The molecular weight excluding hydrogens is 449 g/mol. The van der Waals surface area contributed by atoms with Crippen LogP contribution in [0.3, 0.4) is 0 Å². The number of nitrogens with zero attached hydrogens (tertiary/aromatic N) is 1. The molecule has 4 heteroatoms. The molecule has 1 aromatic heterocycles. The zero-order chi connectivity index (χ0) is 25.4. The molecule has 3 rings (SSSR count). The van der Waals surface area contributed by atoms with Crippen molar-refractivity contribution in [3.63, 3.8) is 0 Å². The van der Waals surface area contributed by atoms with Crippen molar-refractivity contribution < 1.29 is 13.9 Å². The van der Waals surface area contributed by atoms with Crippen LogP contribution in [-0.2, 0) is 12.8 Å². The summed E-state index contributed by atoms with van der Waals surface area (Å²) in [6.45, 7) is 5.79. The van der Waals surface area contributed by atoms with Gasteiger partial charge in [0.05, 0.1) is 18.9 Å². The van der Waals surface area contributed by atoms with Gasteiger partial charge in [0.15, 0.2) is 11.6 Å². The number of benzene rings is 1.